The quantitative estimate of drug-likeness (QED) is 0.712. The number of aliphatic hydroxyl groups excluding tert-OH is 1. The number of hydrogen-bond donors (Lipinski definition) is 3. The van der Waals surface area contributed by atoms with Gasteiger partial charge in [0.25, 0.3) is 0 Å². The van der Waals surface area contributed by atoms with Gasteiger partial charge in [-0.2, -0.15) is 0 Å². The number of anilines is 1. The van der Waals surface area contributed by atoms with Gasteiger partial charge in [-0.3, -0.25) is 10.1 Å². The predicted molar refractivity (Wildman–Crippen MR) is 108 cm³/mol. The zero-order valence-electron chi connectivity index (χ0n) is 14.8. The van der Waals surface area contributed by atoms with E-state index in [1.54, 1.807) is 12.1 Å². The van der Waals surface area contributed by atoms with Crippen molar-refractivity contribution in [1.82, 2.24) is 5.32 Å². The molecule has 0 radical (unpaired) electrons. The number of carbonyl (C=O) groups is 1. The van der Waals surface area contributed by atoms with Crippen molar-refractivity contribution in [2.24, 2.45) is 0 Å². The number of benzene rings is 2. The number of aliphatic hydroxyl groups is 1. The molecule has 2 aromatic rings. The molecule has 27 heavy (non-hydrogen) atoms. The van der Waals surface area contributed by atoms with Gasteiger partial charge < -0.3 is 10.4 Å². The minimum atomic E-state index is -0.965. The maximum Gasteiger partial charge on any atom is 0.249 e. The number of halogens is 2. The molecule has 1 saturated carbocycles. The van der Waals surface area contributed by atoms with E-state index in [1.807, 2.05) is 30.3 Å². The first-order valence-electron chi connectivity index (χ1n) is 9.30. The Balaban J connectivity index is 1.77. The third-order valence-corrected chi connectivity index (χ3v) is 6.07. The summed E-state index contributed by atoms with van der Waals surface area (Å²) < 4.78 is 0. The van der Waals surface area contributed by atoms with Crippen molar-refractivity contribution in [2.45, 2.75) is 49.8 Å². The zero-order valence-corrected chi connectivity index (χ0v) is 16.4. The van der Waals surface area contributed by atoms with Gasteiger partial charge in [0.1, 0.15) is 5.54 Å². The lowest BCUT2D eigenvalue weighted by molar-refractivity contribution is -0.123. The summed E-state index contributed by atoms with van der Waals surface area (Å²) in [6.45, 7) is 0. The second-order valence-electron chi connectivity index (χ2n) is 7.46. The molecule has 2 aliphatic rings. The first-order valence-corrected chi connectivity index (χ1v) is 10.1. The summed E-state index contributed by atoms with van der Waals surface area (Å²) in [5.41, 5.74) is 1.56. The van der Waals surface area contributed by atoms with Gasteiger partial charge in [0.05, 0.1) is 6.10 Å². The molecule has 0 saturated heterocycles. The Kier molecular flexibility index (Phi) is 5.17. The van der Waals surface area contributed by atoms with E-state index in [-0.39, 0.29) is 11.9 Å². The van der Waals surface area contributed by atoms with Crippen LogP contribution < -0.4 is 10.6 Å². The van der Waals surface area contributed by atoms with Crippen LogP contribution in [0.15, 0.2) is 42.5 Å². The van der Waals surface area contributed by atoms with Gasteiger partial charge in [-0.25, -0.2) is 0 Å². The Bertz CT molecular complexity index is 873. The average molecular weight is 405 g/mol. The molecule has 142 valence electrons. The van der Waals surface area contributed by atoms with Crippen molar-refractivity contribution in [3.8, 4) is 0 Å². The monoisotopic (exact) mass is 404 g/mol. The molecule has 3 N–H and O–H groups in total. The van der Waals surface area contributed by atoms with Crippen LogP contribution in [-0.2, 0) is 16.8 Å². The molecule has 1 fully saturated rings. The topological polar surface area (TPSA) is 61.4 Å². The van der Waals surface area contributed by atoms with Gasteiger partial charge in [-0.05, 0) is 42.7 Å². The third kappa shape index (κ3) is 3.59. The summed E-state index contributed by atoms with van der Waals surface area (Å²) in [6.07, 6.45) is 3.63. The smallest absolute Gasteiger partial charge is 0.249 e. The van der Waals surface area contributed by atoms with E-state index in [9.17, 15) is 9.90 Å². The van der Waals surface area contributed by atoms with E-state index in [2.05, 4.69) is 10.6 Å². The Hall–Kier alpha value is -1.59. The minimum Gasteiger partial charge on any atom is -0.392 e. The van der Waals surface area contributed by atoms with Crippen LogP contribution in [0, 0.1) is 0 Å². The maximum absolute atomic E-state index is 13.2. The highest BCUT2D eigenvalue weighted by Crippen LogP contribution is 2.41. The number of rotatable bonds is 4. The van der Waals surface area contributed by atoms with Gasteiger partial charge in [-0.1, -0.05) is 54.2 Å². The highest BCUT2D eigenvalue weighted by molar-refractivity contribution is 6.31. The fourth-order valence-corrected chi connectivity index (χ4v) is 4.65. The highest BCUT2D eigenvalue weighted by atomic mass is 35.5. The lowest BCUT2D eigenvalue weighted by Gasteiger charge is -2.37. The summed E-state index contributed by atoms with van der Waals surface area (Å²) in [4.78, 5) is 13.2. The van der Waals surface area contributed by atoms with Crippen molar-refractivity contribution in [3.63, 3.8) is 0 Å². The van der Waals surface area contributed by atoms with E-state index < -0.39 is 11.6 Å². The van der Waals surface area contributed by atoms with Crippen LogP contribution in [0.4, 0.5) is 5.69 Å². The zero-order chi connectivity index (χ0) is 19.0. The molecule has 6 heteroatoms. The molecule has 0 aromatic heterocycles. The lowest BCUT2D eigenvalue weighted by Crippen LogP contribution is -2.57. The molecule has 0 bridgehead atoms. The molecular formula is C21H22Cl2N2O2. The standard InChI is InChI=1S/C21H22Cl2N2O2/c22-14-5-3-4-13(10-14)12-21(25-17-6-1-2-7-19(17)26)16-9-8-15(23)11-18(16)24-20(21)27/h3-5,8-11,17,19,25-26H,1-2,6-7,12H2,(H,24,27). The van der Waals surface area contributed by atoms with Gasteiger partial charge in [-0.15, -0.1) is 0 Å². The summed E-state index contributed by atoms with van der Waals surface area (Å²) in [6, 6.07) is 12.9. The van der Waals surface area contributed by atoms with Crippen LogP contribution in [0.2, 0.25) is 10.0 Å². The van der Waals surface area contributed by atoms with E-state index in [1.165, 1.54) is 0 Å². The fraction of sp³-hybridized carbons (Fsp3) is 0.381. The van der Waals surface area contributed by atoms with E-state index in [0.717, 1.165) is 36.8 Å². The number of hydrogen-bond acceptors (Lipinski definition) is 3. The Morgan fingerprint density at radius 2 is 1.89 bits per heavy atom. The molecule has 3 unspecified atom stereocenters. The number of carbonyl (C=O) groups excluding carboxylic acids is 1. The number of nitrogens with one attached hydrogen (secondary N) is 2. The maximum atomic E-state index is 13.2. The van der Waals surface area contributed by atoms with Gasteiger partial charge >= 0.3 is 0 Å². The molecule has 1 aliphatic heterocycles. The van der Waals surface area contributed by atoms with Crippen LogP contribution in [0.1, 0.15) is 36.8 Å². The molecule has 1 aliphatic carbocycles. The SMILES string of the molecule is O=C1Nc2cc(Cl)ccc2C1(Cc1cccc(Cl)c1)NC1CCCCC1O. The fourth-order valence-electron chi connectivity index (χ4n) is 4.26. The molecule has 3 atom stereocenters. The van der Waals surface area contributed by atoms with Crippen molar-refractivity contribution in [3.05, 3.63) is 63.6 Å². The van der Waals surface area contributed by atoms with Crippen LogP contribution in [0.25, 0.3) is 0 Å². The first-order chi connectivity index (χ1) is 13.0. The Labute approximate surface area is 168 Å². The highest BCUT2D eigenvalue weighted by Gasteiger charge is 2.48. The van der Waals surface area contributed by atoms with Crippen LogP contribution in [0.5, 0.6) is 0 Å². The summed E-state index contributed by atoms with van der Waals surface area (Å²) in [5.74, 6) is -0.127. The van der Waals surface area contributed by atoms with Gasteiger partial charge in [0.2, 0.25) is 5.91 Å². The predicted octanol–water partition coefficient (Wildman–Crippen LogP) is 4.28. The number of fused-ring (bicyclic) bond motifs is 1. The molecule has 1 heterocycles. The summed E-state index contributed by atoms with van der Waals surface area (Å²) in [7, 11) is 0. The van der Waals surface area contributed by atoms with Crippen molar-refractivity contribution < 1.29 is 9.90 Å². The molecular weight excluding hydrogens is 383 g/mol. The molecule has 0 spiro atoms. The lowest BCUT2D eigenvalue weighted by atomic mass is 9.81. The van der Waals surface area contributed by atoms with Crippen molar-refractivity contribution >= 4 is 34.8 Å². The van der Waals surface area contributed by atoms with Crippen LogP contribution in [0.3, 0.4) is 0 Å². The van der Waals surface area contributed by atoms with Crippen LogP contribution in [-0.4, -0.2) is 23.2 Å². The van der Waals surface area contributed by atoms with Crippen LogP contribution >= 0.6 is 23.2 Å². The Morgan fingerprint density at radius 3 is 2.67 bits per heavy atom. The Morgan fingerprint density at radius 1 is 1.11 bits per heavy atom. The molecule has 4 nitrogen and oxygen atoms in total. The minimum absolute atomic E-state index is 0.127. The summed E-state index contributed by atoms with van der Waals surface area (Å²) in [5, 5.41) is 18.2. The molecule has 2 aromatic carbocycles. The van der Waals surface area contributed by atoms with Gasteiger partial charge in [0, 0.05) is 33.8 Å². The van der Waals surface area contributed by atoms with Crippen molar-refractivity contribution in [1.29, 1.82) is 0 Å². The first kappa shape index (κ1) is 18.8. The number of amides is 1. The average Bonchev–Trinajstić information content (AvgIpc) is 2.88. The normalized spacial score (nSPS) is 27.3. The van der Waals surface area contributed by atoms with E-state index in [0.29, 0.717) is 22.2 Å². The largest absolute Gasteiger partial charge is 0.392 e. The molecule has 4 rings (SSSR count). The van der Waals surface area contributed by atoms with Crippen molar-refractivity contribution in [2.75, 3.05) is 5.32 Å². The van der Waals surface area contributed by atoms with Gasteiger partial charge in [0.15, 0.2) is 0 Å². The molecule has 1 amide bonds. The second-order valence-corrected chi connectivity index (χ2v) is 8.33. The second kappa shape index (κ2) is 7.44. The summed E-state index contributed by atoms with van der Waals surface area (Å²) >= 11 is 12.3. The third-order valence-electron chi connectivity index (χ3n) is 5.60. The van der Waals surface area contributed by atoms with E-state index >= 15 is 0 Å². The van der Waals surface area contributed by atoms with E-state index in [4.69, 9.17) is 23.2 Å².